The zero-order chi connectivity index (χ0) is 16.7. The summed E-state index contributed by atoms with van der Waals surface area (Å²) in [7, 11) is 1.58. The lowest BCUT2D eigenvalue weighted by Gasteiger charge is -2.12. The van der Waals surface area contributed by atoms with E-state index in [9.17, 15) is 9.70 Å². The van der Waals surface area contributed by atoms with Crippen LogP contribution < -0.4 is 14.8 Å². The highest BCUT2D eigenvalue weighted by atomic mass is 16.5. The molecule has 0 aliphatic carbocycles. The van der Waals surface area contributed by atoms with E-state index in [1.165, 1.54) is 6.92 Å². The number of rotatable bonds is 7. The van der Waals surface area contributed by atoms with Crippen molar-refractivity contribution in [1.29, 1.82) is 0 Å². The highest BCUT2D eigenvalue weighted by molar-refractivity contribution is 5.88. The molecule has 0 aliphatic heterocycles. The molecule has 6 nitrogen and oxygen atoms in total. The number of carbonyl (C=O) groups excluding carboxylic acids is 1. The predicted molar refractivity (Wildman–Crippen MR) is 87.6 cm³/mol. The van der Waals surface area contributed by atoms with Gasteiger partial charge < -0.3 is 14.8 Å². The molecule has 0 aromatic heterocycles. The Bertz CT molecular complexity index is 683. The van der Waals surface area contributed by atoms with Gasteiger partial charge >= 0.3 is 0 Å². The van der Waals surface area contributed by atoms with Gasteiger partial charge in [-0.1, -0.05) is 11.2 Å². The molecule has 0 atom stereocenters. The molecule has 1 N–H and O–H groups in total. The van der Waals surface area contributed by atoms with E-state index in [0.29, 0.717) is 23.8 Å². The topological polar surface area (TPSA) is 77.0 Å². The second-order valence-corrected chi connectivity index (χ2v) is 4.93. The summed E-state index contributed by atoms with van der Waals surface area (Å²) in [6, 6.07) is 12.5. The SMILES string of the molecule is COc1ccc(CN=O)cc1COc1ccc(NC(C)=O)cc1. The molecular formula is C17H18N2O4. The van der Waals surface area contributed by atoms with Crippen molar-refractivity contribution >= 4 is 11.6 Å². The Labute approximate surface area is 134 Å². The molecule has 0 unspecified atom stereocenters. The second-order valence-electron chi connectivity index (χ2n) is 4.93. The predicted octanol–water partition coefficient (Wildman–Crippen LogP) is 3.50. The third kappa shape index (κ3) is 4.81. The normalized spacial score (nSPS) is 10.0. The van der Waals surface area contributed by atoms with Gasteiger partial charge in [-0.3, -0.25) is 4.79 Å². The standard InChI is InChI=1S/C17H18N2O4/c1-12(20)19-15-4-6-16(7-5-15)23-11-14-9-13(10-18-21)3-8-17(14)22-2/h3-9H,10-11H2,1-2H3,(H,19,20). The van der Waals surface area contributed by atoms with Crippen LogP contribution in [0.4, 0.5) is 5.69 Å². The fourth-order valence-corrected chi connectivity index (χ4v) is 2.12. The van der Waals surface area contributed by atoms with Gasteiger partial charge in [-0.25, -0.2) is 0 Å². The Morgan fingerprint density at radius 3 is 2.52 bits per heavy atom. The van der Waals surface area contributed by atoms with E-state index in [0.717, 1.165) is 11.1 Å². The van der Waals surface area contributed by atoms with Crippen molar-refractivity contribution in [1.82, 2.24) is 0 Å². The van der Waals surface area contributed by atoms with E-state index in [-0.39, 0.29) is 12.5 Å². The maximum Gasteiger partial charge on any atom is 0.221 e. The molecule has 2 aromatic carbocycles. The number of nitroso groups, excluding NO2 is 1. The number of anilines is 1. The van der Waals surface area contributed by atoms with Crippen molar-refractivity contribution < 1.29 is 14.3 Å². The first-order chi connectivity index (χ1) is 11.1. The lowest BCUT2D eigenvalue weighted by molar-refractivity contribution is -0.114. The van der Waals surface area contributed by atoms with E-state index in [2.05, 4.69) is 10.5 Å². The van der Waals surface area contributed by atoms with E-state index >= 15 is 0 Å². The zero-order valence-corrected chi connectivity index (χ0v) is 13.0. The van der Waals surface area contributed by atoms with Crippen molar-refractivity contribution in [2.75, 3.05) is 12.4 Å². The number of hydrogen-bond donors (Lipinski definition) is 1. The lowest BCUT2D eigenvalue weighted by atomic mass is 10.1. The number of benzene rings is 2. The van der Waals surface area contributed by atoms with E-state index in [1.807, 2.05) is 6.07 Å². The molecule has 0 radical (unpaired) electrons. The van der Waals surface area contributed by atoms with Crippen LogP contribution in [0.1, 0.15) is 18.1 Å². The largest absolute Gasteiger partial charge is 0.496 e. The van der Waals surface area contributed by atoms with Crippen molar-refractivity contribution in [3.05, 3.63) is 58.5 Å². The van der Waals surface area contributed by atoms with Gasteiger partial charge in [0.15, 0.2) is 0 Å². The van der Waals surface area contributed by atoms with Crippen LogP contribution in [0, 0.1) is 4.91 Å². The van der Waals surface area contributed by atoms with Crippen LogP contribution in [0.3, 0.4) is 0 Å². The third-order valence-electron chi connectivity index (χ3n) is 3.16. The minimum absolute atomic E-state index is 0.113. The van der Waals surface area contributed by atoms with Crippen LogP contribution in [0.15, 0.2) is 47.6 Å². The summed E-state index contributed by atoms with van der Waals surface area (Å²) in [5.41, 5.74) is 2.35. The van der Waals surface area contributed by atoms with Crippen LogP contribution in [0.25, 0.3) is 0 Å². The molecule has 0 saturated carbocycles. The first kappa shape index (κ1) is 16.5. The van der Waals surface area contributed by atoms with Gasteiger partial charge in [-0.15, -0.1) is 0 Å². The van der Waals surface area contributed by atoms with Crippen molar-refractivity contribution in [2.24, 2.45) is 5.18 Å². The smallest absolute Gasteiger partial charge is 0.221 e. The second kappa shape index (κ2) is 7.93. The van der Waals surface area contributed by atoms with Gasteiger partial charge in [0.2, 0.25) is 5.91 Å². The van der Waals surface area contributed by atoms with Crippen molar-refractivity contribution in [3.8, 4) is 11.5 Å². The molecule has 1 amide bonds. The Kier molecular flexibility index (Phi) is 5.68. The molecule has 0 heterocycles. The Morgan fingerprint density at radius 2 is 1.91 bits per heavy atom. The fraction of sp³-hybridized carbons (Fsp3) is 0.235. The Hall–Kier alpha value is -2.89. The molecule has 0 fully saturated rings. The van der Waals surface area contributed by atoms with Crippen molar-refractivity contribution in [3.63, 3.8) is 0 Å². The molecule has 2 rings (SSSR count). The van der Waals surface area contributed by atoms with Gasteiger partial charge in [0.1, 0.15) is 24.7 Å². The number of methoxy groups -OCH3 is 1. The molecular weight excluding hydrogens is 296 g/mol. The Morgan fingerprint density at radius 1 is 1.17 bits per heavy atom. The maximum absolute atomic E-state index is 11.0. The summed E-state index contributed by atoms with van der Waals surface area (Å²) in [6.45, 7) is 1.87. The minimum Gasteiger partial charge on any atom is -0.496 e. The van der Waals surface area contributed by atoms with Crippen molar-refractivity contribution in [2.45, 2.75) is 20.1 Å². The number of hydrogen-bond acceptors (Lipinski definition) is 5. The molecule has 2 aromatic rings. The highest BCUT2D eigenvalue weighted by Gasteiger charge is 2.06. The van der Waals surface area contributed by atoms with Crippen LogP contribution in [0.5, 0.6) is 11.5 Å². The number of ether oxygens (including phenoxy) is 2. The quantitative estimate of drug-likeness (QED) is 0.793. The third-order valence-corrected chi connectivity index (χ3v) is 3.16. The summed E-state index contributed by atoms with van der Waals surface area (Å²) < 4.78 is 11.0. The summed E-state index contributed by atoms with van der Waals surface area (Å²) in [5.74, 6) is 1.23. The van der Waals surface area contributed by atoms with Gasteiger partial charge in [0.25, 0.3) is 0 Å². The monoisotopic (exact) mass is 314 g/mol. The van der Waals surface area contributed by atoms with Crippen LogP contribution in [-0.4, -0.2) is 13.0 Å². The van der Waals surface area contributed by atoms with Gasteiger partial charge in [0.05, 0.1) is 7.11 Å². The van der Waals surface area contributed by atoms with Crippen LogP contribution in [0.2, 0.25) is 0 Å². The van der Waals surface area contributed by atoms with Gasteiger partial charge in [-0.2, -0.15) is 4.91 Å². The lowest BCUT2D eigenvalue weighted by Crippen LogP contribution is -2.05. The highest BCUT2D eigenvalue weighted by Crippen LogP contribution is 2.23. The Balaban J connectivity index is 2.05. The van der Waals surface area contributed by atoms with E-state index in [1.54, 1.807) is 43.5 Å². The maximum atomic E-state index is 11.0. The summed E-state index contributed by atoms with van der Waals surface area (Å²) in [5, 5.41) is 5.58. The fourth-order valence-electron chi connectivity index (χ4n) is 2.12. The molecule has 0 aliphatic rings. The van der Waals surface area contributed by atoms with Crippen LogP contribution in [-0.2, 0) is 17.9 Å². The first-order valence-electron chi connectivity index (χ1n) is 7.07. The molecule has 0 spiro atoms. The summed E-state index contributed by atoms with van der Waals surface area (Å²) in [6.07, 6.45) is 0. The summed E-state index contributed by atoms with van der Waals surface area (Å²) >= 11 is 0. The number of nitrogens with one attached hydrogen (secondary N) is 1. The molecule has 6 heteroatoms. The number of nitrogens with zero attached hydrogens (tertiary/aromatic N) is 1. The minimum atomic E-state index is -0.121. The summed E-state index contributed by atoms with van der Waals surface area (Å²) in [4.78, 5) is 21.4. The van der Waals surface area contributed by atoms with Gasteiger partial charge in [-0.05, 0) is 42.0 Å². The average molecular weight is 314 g/mol. The van der Waals surface area contributed by atoms with Crippen LogP contribution >= 0.6 is 0 Å². The average Bonchev–Trinajstić information content (AvgIpc) is 2.54. The number of carbonyl (C=O) groups is 1. The number of amides is 1. The van der Waals surface area contributed by atoms with E-state index < -0.39 is 0 Å². The molecule has 23 heavy (non-hydrogen) atoms. The van der Waals surface area contributed by atoms with Gasteiger partial charge in [0, 0.05) is 18.2 Å². The molecule has 120 valence electrons. The molecule has 0 saturated heterocycles. The molecule has 0 bridgehead atoms. The first-order valence-corrected chi connectivity index (χ1v) is 7.07. The zero-order valence-electron chi connectivity index (χ0n) is 13.0. The van der Waals surface area contributed by atoms with E-state index in [4.69, 9.17) is 9.47 Å².